The van der Waals surface area contributed by atoms with Gasteiger partial charge >= 0.3 is 0 Å². The van der Waals surface area contributed by atoms with Crippen LogP contribution in [0.15, 0.2) is 48.8 Å². The Morgan fingerprint density at radius 3 is 2.38 bits per heavy atom. The second-order valence-corrected chi connectivity index (χ2v) is 5.13. The molecular weight excluding hydrogens is 264 g/mol. The van der Waals surface area contributed by atoms with Crippen LogP contribution in [0.2, 0.25) is 0 Å². The number of fused-ring (bicyclic) bond motifs is 1. The molecule has 1 fully saturated rings. The number of nitrogens with zero attached hydrogens (tertiary/aromatic N) is 6. The van der Waals surface area contributed by atoms with Gasteiger partial charge in [0.1, 0.15) is 12.1 Å². The van der Waals surface area contributed by atoms with E-state index in [0.29, 0.717) is 0 Å². The van der Waals surface area contributed by atoms with Crippen LogP contribution in [0.3, 0.4) is 0 Å². The van der Waals surface area contributed by atoms with E-state index in [1.54, 1.807) is 10.8 Å². The van der Waals surface area contributed by atoms with E-state index in [1.165, 1.54) is 5.69 Å². The van der Waals surface area contributed by atoms with E-state index in [9.17, 15) is 0 Å². The SMILES string of the molecule is c1ccc(N2CCN(c3ccc4nncn4n3)CC2)cc1. The number of piperazine rings is 1. The predicted octanol–water partition coefficient (Wildman–Crippen LogP) is 1.45. The first-order valence-corrected chi connectivity index (χ1v) is 7.12. The second kappa shape index (κ2) is 5.05. The third-order valence-corrected chi connectivity index (χ3v) is 3.87. The summed E-state index contributed by atoms with van der Waals surface area (Å²) in [5.74, 6) is 0.981. The first-order chi connectivity index (χ1) is 10.4. The highest BCUT2D eigenvalue weighted by Gasteiger charge is 2.18. The van der Waals surface area contributed by atoms with Gasteiger partial charge in [0.2, 0.25) is 0 Å². The minimum Gasteiger partial charge on any atom is -0.368 e. The molecule has 6 heteroatoms. The molecule has 0 bridgehead atoms. The van der Waals surface area contributed by atoms with Crippen molar-refractivity contribution in [2.75, 3.05) is 36.0 Å². The molecule has 2 aromatic heterocycles. The minimum atomic E-state index is 0.779. The van der Waals surface area contributed by atoms with Gasteiger partial charge in [-0.1, -0.05) is 18.2 Å². The van der Waals surface area contributed by atoms with Crippen molar-refractivity contribution in [1.29, 1.82) is 0 Å². The number of hydrogen-bond donors (Lipinski definition) is 0. The molecule has 21 heavy (non-hydrogen) atoms. The van der Waals surface area contributed by atoms with E-state index >= 15 is 0 Å². The summed E-state index contributed by atoms with van der Waals surface area (Å²) in [7, 11) is 0. The Morgan fingerprint density at radius 1 is 0.810 bits per heavy atom. The molecule has 0 atom stereocenters. The van der Waals surface area contributed by atoms with Crippen LogP contribution in [0, 0.1) is 0 Å². The molecule has 3 aromatic rings. The van der Waals surface area contributed by atoms with Crippen LogP contribution in [0.5, 0.6) is 0 Å². The highest BCUT2D eigenvalue weighted by molar-refractivity contribution is 5.50. The molecule has 106 valence electrons. The second-order valence-electron chi connectivity index (χ2n) is 5.13. The summed E-state index contributed by atoms with van der Waals surface area (Å²) in [6, 6.07) is 14.5. The molecule has 4 rings (SSSR count). The first-order valence-electron chi connectivity index (χ1n) is 7.12. The Morgan fingerprint density at radius 2 is 1.57 bits per heavy atom. The maximum Gasteiger partial charge on any atom is 0.177 e. The normalized spacial score (nSPS) is 15.6. The first kappa shape index (κ1) is 12.1. The lowest BCUT2D eigenvalue weighted by molar-refractivity contribution is 0.641. The summed E-state index contributed by atoms with van der Waals surface area (Å²) < 4.78 is 1.72. The van der Waals surface area contributed by atoms with Gasteiger partial charge in [-0.3, -0.25) is 0 Å². The van der Waals surface area contributed by atoms with Crippen molar-refractivity contribution in [3.8, 4) is 0 Å². The number of aromatic nitrogens is 4. The topological polar surface area (TPSA) is 49.6 Å². The largest absolute Gasteiger partial charge is 0.368 e. The highest BCUT2D eigenvalue weighted by Crippen LogP contribution is 2.18. The zero-order valence-electron chi connectivity index (χ0n) is 11.6. The quantitative estimate of drug-likeness (QED) is 0.711. The van der Waals surface area contributed by atoms with E-state index < -0.39 is 0 Å². The molecule has 1 aliphatic rings. The number of anilines is 2. The van der Waals surface area contributed by atoms with Gasteiger partial charge in [-0.25, -0.2) is 0 Å². The van der Waals surface area contributed by atoms with E-state index in [-0.39, 0.29) is 0 Å². The van der Waals surface area contributed by atoms with Crippen molar-refractivity contribution in [2.24, 2.45) is 0 Å². The van der Waals surface area contributed by atoms with Crippen molar-refractivity contribution in [2.45, 2.75) is 0 Å². The standard InChI is InChI=1S/C15H16N6/c1-2-4-13(5-3-1)19-8-10-20(11-9-19)15-7-6-14-17-16-12-21(14)18-15/h1-7,12H,8-11H2. The van der Waals surface area contributed by atoms with Gasteiger partial charge in [-0.2, -0.15) is 4.52 Å². The Hall–Kier alpha value is -2.63. The summed E-state index contributed by atoms with van der Waals surface area (Å²) in [5, 5.41) is 12.4. The van der Waals surface area contributed by atoms with Crippen LogP contribution in [0.1, 0.15) is 0 Å². The summed E-state index contributed by atoms with van der Waals surface area (Å²) in [6.07, 6.45) is 1.64. The fourth-order valence-electron chi connectivity index (χ4n) is 2.72. The van der Waals surface area contributed by atoms with Gasteiger partial charge in [-0.15, -0.1) is 15.3 Å². The lowest BCUT2D eigenvalue weighted by atomic mass is 10.2. The lowest BCUT2D eigenvalue weighted by Crippen LogP contribution is -2.46. The minimum absolute atomic E-state index is 0.779. The van der Waals surface area contributed by atoms with Crippen LogP contribution >= 0.6 is 0 Å². The van der Waals surface area contributed by atoms with E-state index in [1.807, 2.05) is 12.1 Å². The van der Waals surface area contributed by atoms with Gasteiger partial charge < -0.3 is 9.80 Å². The van der Waals surface area contributed by atoms with Crippen molar-refractivity contribution < 1.29 is 0 Å². The van der Waals surface area contributed by atoms with E-state index in [0.717, 1.165) is 37.6 Å². The fraction of sp³-hybridized carbons (Fsp3) is 0.267. The molecule has 1 aliphatic heterocycles. The Kier molecular flexibility index (Phi) is 2.92. The van der Waals surface area contributed by atoms with Gasteiger partial charge in [0.15, 0.2) is 5.65 Å². The molecule has 1 saturated heterocycles. The summed E-state index contributed by atoms with van der Waals surface area (Å²) in [6.45, 7) is 3.95. The molecule has 0 N–H and O–H groups in total. The monoisotopic (exact) mass is 280 g/mol. The summed E-state index contributed by atoms with van der Waals surface area (Å²) in [4.78, 5) is 4.71. The van der Waals surface area contributed by atoms with Gasteiger partial charge in [0, 0.05) is 31.9 Å². The fourth-order valence-corrected chi connectivity index (χ4v) is 2.72. The zero-order valence-corrected chi connectivity index (χ0v) is 11.6. The predicted molar refractivity (Wildman–Crippen MR) is 81.7 cm³/mol. The van der Waals surface area contributed by atoms with Crippen LogP contribution in [0.4, 0.5) is 11.5 Å². The van der Waals surface area contributed by atoms with Gasteiger partial charge in [0.05, 0.1) is 0 Å². The van der Waals surface area contributed by atoms with Gasteiger partial charge in [0.25, 0.3) is 0 Å². The molecule has 0 spiro atoms. The number of para-hydroxylation sites is 1. The number of hydrogen-bond acceptors (Lipinski definition) is 5. The maximum absolute atomic E-state index is 4.56. The molecular formula is C15H16N6. The van der Waals surface area contributed by atoms with E-state index in [2.05, 4.69) is 55.4 Å². The lowest BCUT2D eigenvalue weighted by Gasteiger charge is -2.36. The Bertz CT molecular complexity index is 730. The molecule has 3 heterocycles. The molecule has 0 saturated carbocycles. The summed E-state index contributed by atoms with van der Waals surface area (Å²) in [5.41, 5.74) is 2.07. The summed E-state index contributed by atoms with van der Waals surface area (Å²) >= 11 is 0. The molecule has 0 radical (unpaired) electrons. The number of benzene rings is 1. The zero-order chi connectivity index (χ0) is 14.1. The smallest absolute Gasteiger partial charge is 0.177 e. The average Bonchev–Trinajstić information content (AvgIpc) is 3.03. The third kappa shape index (κ3) is 2.29. The van der Waals surface area contributed by atoms with Crippen molar-refractivity contribution in [3.05, 3.63) is 48.8 Å². The molecule has 1 aromatic carbocycles. The number of rotatable bonds is 2. The molecule has 0 amide bonds. The van der Waals surface area contributed by atoms with Crippen LogP contribution in [-0.2, 0) is 0 Å². The molecule has 0 unspecified atom stereocenters. The van der Waals surface area contributed by atoms with Gasteiger partial charge in [-0.05, 0) is 24.3 Å². The van der Waals surface area contributed by atoms with E-state index in [4.69, 9.17) is 0 Å². The van der Waals surface area contributed by atoms with Crippen LogP contribution in [-0.4, -0.2) is 46.0 Å². The van der Waals surface area contributed by atoms with Crippen molar-refractivity contribution in [1.82, 2.24) is 19.8 Å². The third-order valence-electron chi connectivity index (χ3n) is 3.87. The van der Waals surface area contributed by atoms with Crippen LogP contribution < -0.4 is 9.80 Å². The highest BCUT2D eigenvalue weighted by atomic mass is 15.4. The Labute approximate surface area is 122 Å². The maximum atomic E-state index is 4.56. The molecule has 0 aliphatic carbocycles. The molecule has 6 nitrogen and oxygen atoms in total. The average molecular weight is 280 g/mol. The Balaban J connectivity index is 1.49. The van der Waals surface area contributed by atoms with Crippen LogP contribution in [0.25, 0.3) is 5.65 Å². The van der Waals surface area contributed by atoms with Crippen molar-refractivity contribution >= 4 is 17.2 Å². The van der Waals surface area contributed by atoms with Crippen molar-refractivity contribution in [3.63, 3.8) is 0 Å².